The largest absolute Gasteiger partial charge is 0.248 e. The molecule has 1 fully saturated rings. The van der Waals surface area contributed by atoms with E-state index in [2.05, 4.69) is 20.8 Å². The van der Waals surface area contributed by atoms with E-state index in [1.807, 2.05) is 0 Å². The minimum atomic E-state index is -2.36. The highest BCUT2D eigenvalue weighted by molar-refractivity contribution is 4.95. The number of alkyl halides is 2. The maximum Gasteiger partial charge on any atom is 0.248 e. The van der Waals surface area contributed by atoms with Crippen LogP contribution in [0.5, 0.6) is 0 Å². The lowest BCUT2D eigenvalue weighted by Gasteiger charge is -2.47. The lowest BCUT2D eigenvalue weighted by Crippen LogP contribution is -2.44. The quantitative estimate of drug-likeness (QED) is 0.474. The van der Waals surface area contributed by atoms with Gasteiger partial charge in [-0.1, -0.05) is 52.9 Å². The summed E-state index contributed by atoms with van der Waals surface area (Å²) in [5.74, 6) is -2.10. The van der Waals surface area contributed by atoms with Gasteiger partial charge in [-0.05, 0) is 24.2 Å². The van der Waals surface area contributed by atoms with E-state index >= 15 is 0 Å². The molecule has 0 aliphatic heterocycles. The van der Waals surface area contributed by atoms with Crippen molar-refractivity contribution in [1.29, 1.82) is 0 Å². The van der Waals surface area contributed by atoms with Crippen LogP contribution in [0.1, 0.15) is 78.6 Å². The fourth-order valence-electron chi connectivity index (χ4n) is 3.21. The topological polar surface area (TPSA) is 0 Å². The average Bonchev–Trinajstić information content (AvgIpc) is 2.21. The maximum absolute atomic E-state index is 13.0. The Morgan fingerprint density at radius 3 is 2.12 bits per heavy atom. The fraction of sp³-hybridized carbons (Fsp3) is 1.00. The van der Waals surface area contributed by atoms with E-state index < -0.39 is 5.92 Å². The molecule has 1 aliphatic rings. The van der Waals surface area contributed by atoms with Gasteiger partial charge in [0.05, 0.1) is 0 Å². The summed E-state index contributed by atoms with van der Waals surface area (Å²) in [6, 6.07) is 0. The zero-order chi connectivity index (χ0) is 12.9. The summed E-state index contributed by atoms with van der Waals surface area (Å²) < 4.78 is 26.0. The molecule has 0 heterocycles. The van der Waals surface area contributed by atoms with E-state index in [4.69, 9.17) is 0 Å². The normalized spacial score (nSPS) is 23.1. The fourth-order valence-corrected chi connectivity index (χ4v) is 3.21. The van der Waals surface area contributed by atoms with Gasteiger partial charge in [0.2, 0.25) is 5.92 Å². The molecule has 1 saturated carbocycles. The molecule has 0 saturated heterocycles. The van der Waals surface area contributed by atoms with Crippen molar-refractivity contribution in [2.24, 2.45) is 11.3 Å². The molecule has 1 unspecified atom stereocenters. The Balaban J connectivity index is 2.39. The van der Waals surface area contributed by atoms with Crippen molar-refractivity contribution in [2.45, 2.75) is 84.5 Å². The van der Waals surface area contributed by atoms with Crippen LogP contribution in [0.4, 0.5) is 8.78 Å². The monoisotopic (exact) mass is 246 g/mol. The van der Waals surface area contributed by atoms with E-state index in [-0.39, 0.29) is 24.2 Å². The second-order valence-electron chi connectivity index (χ2n) is 6.18. The predicted molar refractivity (Wildman–Crippen MR) is 69.4 cm³/mol. The molecular weight excluding hydrogens is 218 g/mol. The first kappa shape index (κ1) is 14.9. The van der Waals surface area contributed by atoms with Gasteiger partial charge in [0, 0.05) is 12.8 Å². The van der Waals surface area contributed by atoms with E-state index in [1.54, 1.807) is 0 Å². The van der Waals surface area contributed by atoms with Crippen LogP contribution in [-0.4, -0.2) is 5.92 Å². The third-order valence-electron chi connectivity index (χ3n) is 4.50. The smallest absolute Gasteiger partial charge is 0.207 e. The Morgan fingerprint density at radius 2 is 1.65 bits per heavy atom. The third-order valence-corrected chi connectivity index (χ3v) is 4.50. The summed E-state index contributed by atoms with van der Waals surface area (Å²) >= 11 is 0. The highest BCUT2D eigenvalue weighted by atomic mass is 19.3. The lowest BCUT2D eigenvalue weighted by atomic mass is 9.60. The van der Waals surface area contributed by atoms with Crippen LogP contribution < -0.4 is 0 Å². The average molecular weight is 246 g/mol. The molecule has 102 valence electrons. The van der Waals surface area contributed by atoms with E-state index in [9.17, 15) is 8.78 Å². The zero-order valence-electron chi connectivity index (χ0n) is 11.7. The minimum Gasteiger partial charge on any atom is -0.207 e. The van der Waals surface area contributed by atoms with Gasteiger partial charge in [-0.3, -0.25) is 0 Å². The highest BCUT2D eigenvalue weighted by Gasteiger charge is 2.52. The molecule has 0 aromatic heterocycles. The SMILES string of the molecule is CCCCCCC(C)(CCC)C1CC(F)(F)C1. The van der Waals surface area contributed by atoms with Gasteiger partial charge < -0.3 is 0 Å². The van der Waals surface area contributed by atoms with Gasteiger partial charge in [0.1, 0.15) is 0 Å². The highest BCUT2D eigenvalue weighted by Crippen LogP contribution is 2.54. The number of hydrogen-bond acceptors (Lipinski definition) is 0. The van der Waals surface area contributed by atoms with Crippen LogP contribution in [0.2, 0.25) is 0 Å². The van der Waals surface area contributed by atoms with Crippen LogP contribution in [0.3, 0.4) is 0 Å². The van der Waals surface area contributed by atoms with Crippen molar-refractivity contribution in [3.8, 4) is 0 Å². The number of halogens is 2. The van der Waals surface area contributed by atoms with Gasteiger partial charge >= 0.3 is 0 Å². The first-order valence-electron chi connectivity index (χ1n) is 7.31. The van der Waals surface area contributed by atoms with Gasteiger partial charge in [-0.15, -0.1) is 0 Å². The molecule has 0 N–H and O–H groups in total. The van der Waals surface area contributed by atoms with Crippen molar-refractivity contribution < 1.29 is 8.78 Å². The van der Waals surface area contributed by atoms with Crippen LogP contribution in [0, 0.1) is 11.3 Å². The lowest BCUT2D eigenvalue weighted by molar-refractivity contribution is -0.148. The molecule has 1 aliphatic carbocycles. The summed E-state index contributed by atoms with van der Waals surface area (Å²) in [5, 5.41) is 0. The molecule has 17 heavy (non-hydrogen) atoms. The van der Waals surface area contributed by atoms with E-state index in [0.717, 1.165) is 19.3 Å². The summed E-state index contributed by atoms with van der Waals surface area (Å²) in [6.45, 7) is 6.61. The standard InChI is InChI=1S/C15H28F2/c1-4-6-7-8-10-14(3,9-5-2)13-11-15(16,17)12-13/h13H,4-12H2,1-3H3. The zero-order valence-corrected chi connectivity index (χ0v) is 11.7. The number of hydrogen-bond donors (Lipinski definition) is 0. The van der Waals surface area contributed by atoms with Crippen LogP contribution in [0.25, 0.3) is 0 Å². The van der Waals surface area contributed by atoms with Crippen LogP contribution in [0.15, 0.2) is 0 Å². The molecule has 0 radical (unpaired) electrons. The molecule has 0 spiro atoms. The molecule has 0 aromatic carbocycles. The molecular formula is C15H28F2. The Bertz CT molecular complexity index is 217. The van der Waals surface area contributed by atoms with Crippen molar-refractivity contribution in [3.05, 3.63) is 0 Å². The summed E-state index contributed by atoms with van der Waals surface area (Å²) in [6.07, 6.45) is 8.64. The van der Waals surface area contributed by atoms with Crippen molar-refractivity contribution in [3.63, 3.8) is 0 Å². The Hall–Kier alpha value is -0.140. The third kappa shape index (κ3) is 4.22. The number of rotatable bonds is 8. The second-order valence-corrected chi connectivity index (χ2v) is 6.18. The molecule has 0 amide bonds. The van der Waals surface area contributed by atoms with Gasteiger partial charge in [-0.2, -0.15) is 0 Å². The molecule has 2 heteroatoms. The predicted octanol–water partition coefficient (Wildman–Crippen LogP) is 5.81. The Kier molecular flexibility index (Phi) is 5.40. The minimum absolute atomic E-state index is 0.136. The van der Waals surface area contributed by atoms with Crippen molar-refractivity contribution in [1.82, 2.24) is 0 Å². The van der Waals surface area contributed by atoms with E-state index in [0.29, 0.717) is 0 Å². The maximum atomic E-state index is 13.0. The summed E-state index contributed by atoms with van der Waals surface area (Å²) in [5.41, 5.74) is 0.171. The molecule has 1 atom stereocenters. The molecule has 0 aromatic rings. The molecule has 0 nitrogen and oxygen atoms in total. The van der Waals surface area contributed by atoms with Crippen LogP contribution >= 0.6 is 0 Å². The summed E-state index contributed by atoms with van der Waals surface area (Å²) in [4.78, 5) is 0. The van der Waals surface area contributed by atoms with E-state index in [1.165, 1.54) is 25.7 Å². The van der Waals surface area contributed by atoms with Gasteiger partial charge in [0.25, 0.3) is 0 Å². The molecule has 1 rings (SSSR count). The first-order valence-corrected chi connectivity index (χ1v) is 7.31. The molecule has 0 bridgehead atoms. The Morgan fingerprint density at radius 1 is 1.00 bits per heavy atom. The Labute approximate surface area is 105 Å². The number of unbranched alkanes of at least 4 members (excludes halogenated alkanes) is 3. The van der Waals surface area contributed by atoms with Gasteiger partial charge in [-0.25, -0.2) is 8.78 Å². The summed E-state index contributed by atoms with van der Waals surface area (Å²) in [7, 11) is 0. The van der Waals surface area contributed by atoms with Gasteiger partial charge in [0.15, 0.2) is 0 Å². The van der Waals surface area contributed by atoms with Crippen molar-refractivity contribution in [2.75, 3.05) is 0 Å². The van der Waals surface area contributed by atoms with Crippen molar-refractivity contribution >= 4 is 0 Å². The van der Waals surface area contributed by atoms with Crippen LogP contribution in [-0.2, 0) is 0 Å². The second kappa shape index (κ2) is 6.15. The first-order chi connectivity index (χ1) is 7.93.